The van der Waals surface area contributed by atoms with Gasteiger partial charge in [-0.1, -0.05) is 6.07 Å². The molecule has 1 heterocycles. The Hall–Kier alpha value is -1.95. The van der Waals surface area contributed by atoms with Gasteiger partial charge in [0.2, 0.25) is 17.2 Å². The van der Waals surface area contributed by atoms with Crippen LogP contribution >= 0.6 is 11.6 Å². The zero-order valence-corrected chi connectivity index (χ0v) is 11.6. The smallest absolute Gasteiger partial charge is 0.235 e. The Kier molecular flexibility index (Phi) is 3.80. The number of rotatable bonds is 3. The summed E-state index contributed by atoms with van der Waals surface area (Å²) in [6.45, 7) is 0. The van der Waals surface area contributed by atoms with E-state index in [4.69, 9.17) is 11.6 Å². The Labute approximate surface area is 115 Å². The van der Waals surface area contributed by atoms with Gasteiger partial charge < -0.3 is 9.80 Å². The zero-order chi connectivity index (χ0) is 14.0. The first-order valence-electron chi connectivity index (χ1n) is 5.55. The standard InChI is InChI=1S/C12H13ClFN5/c1-18(2)11-15-10(13)16-12(17-11)19(3)9-6-4-5-8(14)7-9/h4-7H,1-3H3. The molecule has 2 aromatic rings. The van der Waals surface area contributed by atoms with Crippen molar-refractivity contribution in [1.82, 2.24) is 15.0 Å². The summed E-state index contributed by atoms with van der Waals surface area (Å²) in [6, 6.07) is 6.16. The van der Waals surface area contributed by atoms with Crippen molar-refractivity contribution in [2.45, 2.75) is 0 Å². The van der Waals surface area contributed by atoms with Crippen LogP contribution in [0.5, 0.6) is 0 Å². The predicted molar refractivity (Wildman–Crippen MR) is 73.6 cm³/mol. The number of hydrogen-bond acceptors (Lipinski definition) is 5. The minimum absolute atomic E-state index is 0.0944. The van der Waals surface area contributed by atoms with Crippen LogP contribution in [0, 0.1) is 5.82 Å². The van der Waals surface area contributed by atoms with Crippen LogP contribution in [0.15, 0.2) is 24.3 Å². The van der Waals surface area contributed by atoms with Crippen LogP contribution in [0.25, 0.3) is 0 Å². The van der Waals surface area contributed by atoms with Gasteiger partial charge >= 0.3 is 0 Å². The van der Waals surface area contributed by atoms with Crippen molar-refractivity contribution in [3.63, 3.8) is 0 Å². The first kappa shape index (κ1) is 13.5. The SMILES string of the molecule is CN(C)c1nc(Cl)nc(N(C)c2cccc(F)c2)n1. The quantitative estimate of drug-likeness (QED) is 0.865. The molecule has 100 valence electrons. The summed E-state index contributed by atoms with van der Waals surface area (Å²) < 4.78 is 13.2. The molecular weight excluding hydrogens is 269 g/mol. The maximum Gasteiger partial charge on any atom is 0.235 e. The molecule has 19 heavy (non-hydrogen) atoms. The van der Waals surface area contributed by atoms with E-state index in [2.05, 4.69) is 15.0 Å². The number of anilines is 3. The summed E-state index contributed by atoms with van der Waals surface area (Å²) >= 11 is 5.87. The van der Waals surface area contributed by atoms with Gasteiger partial charge in [0.15, 0.2) is 0 Å². The van der Waals surface area contributed by atoms with Crippen molar-refractivity contribution in [2.24, 2.45) is 0 Å². The predicted octanol–water partition coefficient (Wildman–Crippen LogP) is 2.50. The van der Waals surface area contributed by atoms with Crippen molar-refractivity contribution in [2.75, 3.05) is 30.9 Å². The highest BCUT2D eigenvalue weighted by Gasteiger charge is 2.12. The number of benzene rings is 1. The summed E-state index contributed by atoms with van der Waals surface area (Å²) in [5.41, 5.74) is 0.631. The molecule has 5 nitrogen and oxygen atoms in total. The molecule has 1 aromatic heterocycles. The minimum Gasteiger partial charge on any atom is -0.347 e. The van der Waals surface area contributed by atoms with Crippen molar-refractivity contribution < 1.29 is 4.39 Å². The van der Waals surface area contributed by atoms with Gasteiger partial charge in [-0.05, 0) is 29.8 Å². The van der Waals surface area contributed by atoms with E-state index in [1.807, 2.05) is 0 Å². The lowest BCUT2D eigenvalue weighted by Gasteiger charge is -2.19. The van der Waals surface area contributed by atoms with Crippen molar-refractivity contribution in [1.29, 1.82) is 0 Å². The highest BCUT2D eigenvalue weighted by molar-refractivity contribution is 6.28. The normalized spacial score (nSPS) is 10.4. The van der Waals surface area contributed by atoms with Crippen molar-refractivity contribution in [3.05, 3.63) is 35.4 Å². The highest BCUT2D eigenvalue weighted by Crippen LogP contribution is 2.22. The molecular formula is C12H13ClFN5. The first-order chi connectivity index (χ1) is 8.97. The summed E-state index contributed by atoms with van der Waals surface area (Å²) in [6.07, 6.45) is 0. The molecule has 0 spiro atoms. The number of halogens is 2. The van der Waals surface area contributed by atoms with E-state index in [1.54, 1.807) is 43.1 Å². The second-order valence-electron chi connectivity index (χ2n) is 4.14. The Morgan fingerprint density at radius 1 is 1.05 bits per heavy atom. The summed E-state index contributed by atoms with van der Waals surface area (Å²) in [7, 11) is 5.34. The van der Waals surface area contributed by atoms with E-state index in [9.17, 15) is 4.39 Å². The molecule has 0 amide bonds. The molecule has 0 bridgehead atoms. The lowest BCUT2D eigenvalue weighted by Crippen LogP contribution is -2.18. The van der Waals surface area contributed by atoms with Gasteiger partial charge in [-0.25, -0.2) is 4.39 Å². The second-order valence-corrected chi connectivity index (χ2v) is 4.48. The molecule has 1 aromatic carbocycles. The fourth-order valence-electron chi connectivity index (χ4n) is 1.48. The van der Waals surface area contributed by atoms with Gasteiger partial charge in [0, 0.05) is 26.8 Å². The monoisotopic (exact) mass is 281 g/mol. The lowest BCUT2D eigenvalue weighted by molar-refractivity contribution is 0.628. The molecule has 0 saturated carbocycles. The van der Waals surface area contributed by atoms with Crippen LogP contribution in [-0.4, -0.2) is 36.1 Å². The number of nitrogens with zero attached hydrogens (tertiary/aromatic N) is 5. The second kappa shape index (κ2) is 5.36. The van der Waals surface area contributed by atoms with E-state index in [1.165, 1.54) is 12.1 Å². The molecule has 7 heteroatoms. The van der Waals surface area contributed by atoms with E-state index >= 15 is 0 Å². The van der Waals surface area contributed by atoms with Crippen LogP contribution in [0.3, 0.4) is 0 Å². The Balaban J connectivity index is 2.41. The molecule has 0 aliphatic rings. The fourth-order valence-corrected chi connectivity index (χ4v) is 1.63. The van der Waals surface area contributed by atoms with Gasteiger partial charge in [0.1, 0.15) is 5.82 Å². The molecule has 0 saturated heterocycles. The average Bonchev–Trinajstić information content (AvgIpc) is 2.37. The maximum atomic E-state index is 13.2. The van der Waals surface area contributed by atoms with Crippen molar-refractivity contribution in [3.8, 4) is 0 Å². The van der Waals surface area contributed by atoms with Crippen LogP contribution in [0.4, 0.5) is 22.0 Å². The van der Waals surface area contributed by atoms with E-state index in [0.29, 0.717) is 17.6 Å². The Morgan fingerprint density at radius 2 is 1.74 bits per heavy atom. The Bertz CT molecular complexity index is 590. The fraction of sp³-hybridized carbons (Fsp3) is 0.250. The average molecular weight is 282 g/mol. The minimum atomic E-state index is -0.322. The van der Waals surface area contributed by atoms with E-state index < -0.39 is 0 Å². The number of aromatic nitrogens is 3. The van der Waals surface area contributed by atoms with Crippen LogP contribution in [-0.2, 0) is 0 Å². The van der Waals surface area contributed by atoms with Gasteiger partial charge in [-0.2, -0.15) is 15.0 Å². The van der Waals surface area contributed by atoms with Gasteiger partial charge in [-0.3, -0.25) is 0 Å². The molecule has 2 rings (SSSR count). The third-order valence-electron chi connectivity index (χ3n) is 2.48. The summed E-state index contributed by atoms with van der Waals surface area (Å²) in [5, 5.41) is 0.0944. The van der Waals surface area contributed by atoms with Gasteiger partial charge in [-0.15, -0.1) is 0 Å². The topological polar surface area (TPSA) is 45.2 Å². The molecule has 0 N–H and O–H groups in total. The lowest BCUT2D eigenvalue weighted by atomic mass is 10.3. The maximum absolute atomic E-state index is 13.2. The van der Waals surface area contributed by atoms with E-state index in [-0.39, 0.29) is 11.1 Å². The third kappa shape index (κ3) is 3.08. The van der Waals surface area contributed by atoms with Crippen LogP contribution < -0.4 is 9.80 Å². The molecule has 0 aliphatic carbocycles. The molecule has 0 fully saturated rings. The summed E-state index contributed by atoms with van der Waals surface area (Å²) in [5.74, 6) is 0.477. The van der Waals surface area contributed by atoms with Gasteiger partial charge in [0.25, 0.3) is 0 Å². The molecule has 0 unspecified atom stereocenters. The first-order valence-corrected chi connectivity index (χ1v) is 5.93. The number of hydrogen-bond donors (Lipinski definition) is 0. The third-order valence-corrected chi connectivity index (χ3v) is 2.65. The highest BCUT2D eigenvalue weighted by atomic mass is 35.5. The van der Waals surface area contributed by atoms with E-state index in [0.717, 1.165) is 0 Å². The van der Waals surface area contributed by atoms with Crippen molar-refractivity contribution >= 4 is 29.2 Å². The molecule has 0 aliphatic heterocycles. The zero-order valence-electron chi connectivity index (χ0n) is 10.8. The van der Waals surface area contributed by atoms with Gasteiger partial charge in [0.05, 0.1) is 0 Å². The largest absolute Gasteiger partial charge is 0.347 e. The van der Waals surface area contributed by atoms with Crippen LogP contribution in [0.1, 0.15) is 0 Å². The molecule has 0 radical (unpaired) electrons. The molecule has 0 atom stereocenters. The van der Waals surface area contributed by atoms with Crippen LogP contribution in [0.2, 0.25) is 5.28 Å². The Morgan fingerprint density at radius 3 is 2.37 bits per heavy atom. The summed E-state index contributed by atoms with van der Waals surface area (Å²) in [4.78, 5) is 15.7.